The molecule has 2 aromatic rings. The number of carbonyl (C=O) groups is 1. The number of hydrogen-bond acceptors (Lipinski definition) is 2. The summed E-state index contributed by atoms with van der Waals surface area (Å²) in [6.45, 7) is 0. The first-order chi connectivity index (χ1) is 6.20. The first-order valence-electron chi connectivity index (χ1n) is 3.54. The molecule has 0 radical (unpaired) electrons. The van der Waals surface area contributed by atoms with E-state index < -0.39 is 0 Å². The number of halogens is 2. The Morgan fingerprint density at radius 1 is 1.23 bits per heavy atom. The highest BCUT2D eigenvalue weighted by atomic mass is 35.5. The second kappa shape index (κ2) is 3.29. The molecule has 0 unspecified atom stereocenters. The molecule has 1 aromatic carbocycles. The molecule has 0 saturated carbocycles. The Hall–Kier alpha value is -0.570. The van der Waals surface area contributed by atoms with Crippen molar-refractivity contribution >= 4 is 50.9 Å². The van der Waals surface area contributed by atoms with E-state index in [9.17, 15) is 4.79 Å². The van der Waals surface area contributed by atoms with Crippen LogP contribution in [0.1, 0.15) is 10.4 Å². The predicted molar refractivity (Wildman–Crippen MR) is 57.2 cm³/mol. The predicted octanol–water partition coefficient (Wildman–Crippen LogP) is 4.02. The molecule has 0 aliphatic rings. The summed E-state index contributed by atoms with van der Waals surface area (Å²) in [5.74, 6) is 0. The van der Waals surface area contributed by atoms with Gasteiger partial charge in [-0.3, -0.25) is 4.79 Å². The lowest BCUT2D eigenvalue weighted by Crippen LogP contribution is -1.78. The SMILES string of the molecule is O=Cc1cc(Cl)cc2cc(Cl)sc12. The molecule has 1 aromatic heterocycles. The van der Waals surface area contributed by atoms with Gasteiger partial charge in [0.05, 0.1) is 4.34 Å². The zero-order valence-electron chi connectivity index (χ0n) is 6.38. The average Bonchev–Trinajstić information content (AvgIpc) is 2.43. The molecule has 0 aliphatic carbocycles. The smallest absolute Gasteiger partial charge is 0.151 e. The van der Waals surface area contributed by atoms with Gasteiger partial charge in [-0.05, 0) is 23.6 Å². The Morgan fingerprint density at radius 3 is 2.69 bits per heavy atom. The molecule has 0 amide bonds. The van der Waals surface area contributed by atoms with Crippen molar-refractivity contribution in [1.29, 1.82) is 0 Å². The fourth-order valence-electron chi connectivity index (χ4n) is 1.20. The van der Waals surface area contributed by atoms with Gasteiger partial charge in [0.15, 0.2) is 6.29 Å². The summed E-state index contributed by atoms with van der Waals surface area (Å²) < 4.78 is 1.56. The van der Waals surface area contributed by atoms with Crippen LogP contribution in [0.3, 0.4) is 0 Å². The number of aldehydes is 1. The van der Waals surface area contributed by atoms with Gasteiger partial charge in [-0.15, -0.1) is 11.3 Å². The maximum absolute atomic E-state index is 10.7. The van der Waals surface area contributed by atoms with Crippen LogP contribution in [0.4, 0.5) is 0 Å². The van der Waals surface area contributed by atoms with Crippen molar-refractivity contribution in [3.8, 4) is 0 Å². The fraction of sp³-hybridized carbons (Fsp3) is 0. The van der Waals surface area contributed by atoms with Crippen molar-refractivity contribution < 1.29 is 4.79 Å². The molecule has 0 saturated heterocycles. The van der Waals surface area contributed by atoms with Crippen molar-refractivity contribution in [2.24, 2.45) is 0 Å². The van der Waals surface area contributed by atoms with Crippen LogP contribution in [-0.4, -0.2) is 6.29 Å². The monoisotopic (exact) mass is 230 g/mol. The lowest BCUT2D eigenvalue weighted by molar-refractivity contribution is 0.112. The Morgan fingerprint density at radius 2 is 2.00 bits per heavy atom. The molecule has 1 heterocycles. The lowest BCUT2D eigenvalue weighted by atomic mass is 10.2. The standard InChI is InChI=1S/C9H4Cl2OS/c10-7-1-5-3-8(11)13-9(5)6(2-7)4-12/h1-4H. The molecule has 0 N–H and O–H groups in total. The van der Waals surface area contributed by atoms with Gasteiger partial charge in [-0.25, -0.2) is 0 Å². The van der Waals surface area contributed by atoms with Gasteiger partial charge >= 0.3 is 0 Å². The molecule has 0 spiro atoms. The summed E-state index contributed by atoms with van der Waals surface area (Å²) in [6.07, 6.45) is 0.793. The largest absolute Gasteiger partial charge is 0.298 e. The summed E-state index contributed by atoms with van der Waals surface area (Å²) >= 11 is 13.0. The number of fused-ring (bicyclic) bond motifs is 1. The van der Waals surface area contributed by atoms with Crippen LogP contribution in [-0.2, 0) is 0 Å². The highest BCUT2D eigenvalue weighted by Crippen LogP contribution is 2.33. The number of rotatable bonds is 1. The zero-order chi connectivity index (χ0) is 9.42. The quantitative estimate of drug-likeness (QED) is 0.677. The van der Waals surface area contributed by atoms with Crippen LogP contribution in [0, 0.1) is 0 Å². The van der Waals surface area contributed by atoms with Crippen molar-refractivity contribution in [1.82, 2.24) is 0 Å². The van der Waals surface area contributed by atoms with Crippen LogP contribution < -0.4 is 0 Å². The van der Waals surface area contributed by atoms with E-state index in [0.29, 0.717) is 14.9 Å². The van der Waals surface area contributed by atoms with Gasteiger partial charge in [-0.2, -0.15) is 0 Å². The molecular formula is C9H4Cl2OS. The molecule has 0 aliphatic heterocycles. The minimum absolute atomic E-state index is 0.559. The van der Waals surface area contributed by atoms with Gasteiger partial charge in [-0.1, -0.05) is 23.2 Å². The van der Waals surface area contributed by atoms with E-state index in [4.69, 9.17) is 23.2 Å². The maximum atomic E-state index is 10.7. The van der Waals surface area contributed by atoms with E-state index in [1.165, 1.54) is 11.3 Å². The second-order valence-electron chi connectivity index (χ2n) is 2.58. The number of benzene rings is 1. The van der Waals surface area contributed by atoms with Crippen molar-refractivity contribution in [2.45, 2.75) is 0 Å². The van der Waals surface area contributed by atoms with Gasteiger partial charge < -0.3 is 0 Å². The van der Waals surface area contributed by atoms with E-state index in [1.54, 1.807) is 18.2 Å². The molecule has 1 nitrogen and oxygen atoms in total. The summed E-state index contributed by atoms with van der Waals surface area (Å²) in [4.78, 5) is 10.7. The third kappa shape index (κ3) is 1.57. The van der Waals surface area contributed by atoms with Gasteiger partial charge in [0.2, 0.25) is 0 Å². The molecule has 0 atom stereocenters. The lowest BCUT2D eigenvalue weighted by Gasteiger charge is -1.94. The van der Waals surface area contributed by atoms with Gasteiger partial charge in [0.25, 0.3) is 0 Å². The van der Waals surface area contributed by atoms with E-state index in [1.807, 2.05) is 0 Å². The van der Waals surface area contributed by atoms with Crippen LogP contribution in [0.2, 0.25) is 9.36 Å². The maximum Gasteiger partial charge on any atom is 0.151 e. The Kier molecular flexibility index (Phi) is 2.28. The molecule has 13 heavy (non-hydrogen) atoms. The van der Waals surface area contributed by atoms with E-state index in [2.05, 4.69) is 0 Å². The molecule has 66 valence electrons. The van der Waals surface area contributed by atoms with E-state index >= 15 is 0 Å². The molecular weight excluding hydrogens is 227 g/mol. The first-order valence-corrected chi connectivity index (χ1v) is 5.12. The number of hydrogen-bond donors (Lipinski definition) is 0. The second-order valence-corrected chi connectivity index (χ2v) is 4.70. The summed E-state index contributed by atoms with van der Waals surface area (Å²) in [5, 5.41) is 1.48. The van der Waals surface area contributed by atoms with Crippen molar-refractivity contribution in [2.75, 3.05) is 0 Å². The Labute approximate surface area is 88.9 Å². The summed E-state index contributed by atoms with van der Waals surface area (Å²) in [7, 11) is 0. The minimum Gasteiger partial charge on any atom is -0.298 e. The molecule has 2 rings (SSSR count). The Balaban J connectivity index is 2.88. The third-order valence-electron chi connectivity index (χ3n) is 1.71. The van der Waals surface area contributed by atoms with Gasteiger partial charge in [0, 0.05) is 15.3 Å². The highest BCUT2D eigenvalue weighted by Gasteiger charge is 2.06. The number of thiophene rings is 1. The zero-order valence-corrected chi connectivity index (χ0v) is 8.71. The normalized spacial score (nSPS) is 10.6. The van der Waals surface area contributed by atoms with Crippen LogP contribution in [0.5, 0.6) is 0 Å². The van der Waals surface area contributed by atoms with Crippen LogP contribution >= 0.6 is 34.5 Å². The average molecular weight is 231 g/mol. The fourth-order valence-corrected chi connectivity index (χ4v) is 2.62. The van der Waals surface area contributed by atoms with E-state index in [0.717, 1.165) is 16.4 Å². The number of carbonyl (C=O) groups excluding carboxylic acids is 1. The summed E-state index contributed by atoms with van der Waals surface area (Å²) in [5.41, 5.74) is 0.597. The van der Waals surface area contributed by atoms with Crippen molar-refractivity contribution in [3.63, 3.8) is 0 Å². The van der Waals surface area contributed by atoms with Crippen molar-refractivity contribution in [3.05, 3.63) is 33.1 Å². The summed E-state index contributed by atoms with van der Waals surface area (Å²) in [6, 6.07) is 5.25. The third-order valence-corrected chi connectivity index (χ3v) is 3.25. The van der Waals surface area contributed by atoms with Gasteiger partial charge in [0.1, 0.15) is 0 Å². The Bertz CT molecular complexity index is 476. The van der Waals surface area contributed by atoms with Crippen LogP contribution in [0.15, 0.2) is 18.2 Å². The first kappa shape index (κ1) is 9.00. The molecule has 0 bridgehead atoms. The van der Waals surface area contributed by atoms with E-state index in [-0.39, 0.29) is 0 Å². The topological polar surface area (TPSA) is 17.1 Å². The van der Waals surface area contributed by atoms with Crippen LogP contribution in [0.25, 0.3) is 10.1 Å². The minimum atomic E-state index is 0.559. The molecule has 4 heteroatoms. The molecule has 0 fully saturated rings. The highest BCUT2D eigenvalue weighted by molar-refractivity contribution is 7.23.